The predicted molar refractivity (Wildman–Crippen MR) is 44.7 cm³/mol. The fraction of sp³-hybridized carbons (Fsp3) is 0.250. The Morgan fingerprint density at radius 3 is 2.83 bits per heavy atom. The molecule has 1 heterocycles. The third-order valence-electron chi connectivity index (χ3n) is 1.43. The van der Waals surface area contributed by atoms with Crippen LogP contribution in [0.2, 0.25) is 0 Å². The smallest absolute Gasteiger partial charge is 0.358 e. The van der Waals surface area contributed by atoms with Gasteiger partial charge in [0.25, 0.3) is 0 Å². The molecule has 0 radical (unpaired) electrons. The Hall–Kier alpha value is -1.58. The van der Waals surface area contributed by atoms with Gasteiger partial charge in [-0.25, -0.2) is 9.78 Å². The largest absolute Gasteiger partial charge is 0.464 e. The lowest BCUT2D eigenvalue weighted by Gasteiger charge is -2.02. The number of aromatic nitrogens is 1. The number of hydrogen-bond acceptors (Lipinski definition) is 4. The van der Waals surface area contributed by atoms with Crippen LogP contribution >= 0.6 is 0 Å². The molecular weight excluding hydrogens is 156 g/mol. The highest BCUT2D eigenvalue weighted by molar-refractivity contribution is 5.92. The van der Waals surface area contributed by atoms with Crippen molar-refractivity contribution in [2.24, 2.45) is 0 Å². The van der Waals surface area contributed by atoms with Crippen molar-refractivity contribution in [2.75, 3.05) is 12.8 Å². The van der Waals surface area contributed by atoms with Crippen LogP contribution in [-0.2, 0) is 4.74 Å². The first-order chi connectivity index (χ1) is 5.65. The molecular formula is C8H10N2O2. The second kappa shape index (κ2) is 3.21. The van der Waals surface area contributed by atoms with Gasteiger partial charge < -0.3 is 10.5 Å². The van der Waals surface area contributed by atoms with E-state index in [1.807, 2.05) is 6.92 Å². The van der Waals surface area contributed by atoms with Gasteiger partial charge in [-0.15, -0.1) is 0 Å². The normalized spacial score (nSPS) is 9.50. The molecule has 0 unspecified atom stereocenters. The van der Waals surface area contributed by atoms with Crippen LogP contribution in [0.3, 0.4) is 0 Å². The van der Waals surface area contributed by atoms with E-state index in [0.717, 1.165) is 5.56 Å². The van der Waals surface area contributed by atoms with Crippen molar-refractivity contribution < 1.29 is 9.53 Å². The Balaban J connectivity index is 3.09. The minimum absolute atomic E-state index is 0.170. The van der Waals surface area contributed by atoms with Crippen LogP contribution in [0.5, 0.6) is 0 Å². The summed E-state index contributed by atoms with van der Waals surface area (Å²) in [5.41, 5.74) is 6.97. The summed E-state index contributed by atoms with van der Waals surface area (Å²) in [4.78, 5) is 14.8. The zero-order valence-corrected chi connectivity index (χ0v) is 7.00. The SMILES string of the molecule is COC(=O)c1ncc(C)cc1N. The highest BCUT2D eigenvalue weighted by Gasteiger charge is 2.10. The van der Waals surface area contributed by atoms with E-state index in [0.29, 0.717) is 5.69 Å². The van der Waals surface area contributed by atoms with Gasteiger partial charge in [0.2, 0.25) is 0 Å². The van der Waals surface area contributed by atoms with Gasteiger partial charge in [0, 0.05) is 6.20 Å². The standard InChI is InChI=1S/C8H10N2O2/c1-5-3-6(9)7(10-4-5)8(11)12-2/h3-4H,9H2,1-2H3. The number of aryl methyl sites for hydroxylation is 1. The molecule has 0 atom stereocenters. The topological polar surface area (TPSA) is 65.2 Å². The number of carbonyl (C=O) groups is 1. The molecule has 0 spiro atoms. The molecule has 4 heteroatoms. The number of rotatable bonds is 1. The van der Waals surface area contributed by atoms with Crippen molar-refractivity contribution in [1.82, 2.24) is 4.98 Å². The molecule has 0 bridgehead atoms. The summed E-state index contributed by atoms with van der Waals surface area (Å²) in [5.74, 6) is -0.507. The number of pyridine rings is 1. The highest BCUT2D eigenvalue weighted by atomic mass is 16.5. The summed E-state index contributed by atoms with van der Waals surface area (Å²) in [7, 11) is 1.29. The van der Waals surface area contributed by atoms with Crippen LogP contribution in [0, 0.1) is 6.92 Å². The molecule has 64 valence electrons. The number of methoxy groups -OCH3 is 1. The number of anilines is 1. The van der Waals surface area contributed by atoms with Crippen LogP contribution in [0.15, 0.2) is 12.3 Å². The molecule has 0 saturated heterocycles. The van der Waals surface area contributed by atoms with Gasteiger partial charge in [0.05, 0.1) is 12.8 Å². The number of nitrogen functional groups attached to an aromatic ring is 1. The average molecular weight is 166 g/mol. The van der Waals surface area contributed by atoms with E-state index in [2.05, 4.69) is 9.72 Å². The van der Waals surface area contributed by atoms with E-state index in [1.165, 1.54) is 7.11 Å². The molecule has 1 aromatic rings. The zero-order valence-electron chi connectivity index (χ0n) is 7.00. The summed E-state index contributed by atoms with van der Waals surface area (Å²) in [6, 6.07) is 1.68. The lowest BCUT2D eigenvalue weighted by atomic mass is 10.2. The van der Waals surface area contributed by atoms with Crippen molar-refractivity contribution in [3.63, 3.8) is 0 Å². The lowest BCUT2D eigenvalue weighted by Crippen LogP contribution is -2.08. The maximum absolute atomic E-state index is 11.0. The van der Waals surface area contributed by atoms with Crippen molar-refractivity contribution in [2.45, 2.75) is 6.92 Å². The summed E-state index contributed by atoms with van der Waals surface area (Å²) in [5, 5.41) is 0. The monoisotopic (exact) mass is 166 g/mol. The zero-order chi connectivity index (χ0) is 9.14. The number of hydrogen-bond donors (Lipinski definition) is 1. The molecule has 0 fully saturated rings. The molecule has 0 amide bonds. The summed E-state index contributed by atoms with van der Waals surface area (Å²) in [6.07, 6.45) is 1.57. The van der Waals surface area contributed by atoms with E-state index in [4.69, 9.17) is 5.73 Å². The highest BCUT2D eigenvalue weighted by Crippen LogP contribution is 2.10. The van der Waals surface area contributed by atoms with Gasteiger partial charge in [0.1, 0.15) is 0 Å². The second-order valence-electron chi connectivity index (χ2n) is 2.44. The van der Waals surface area contributed by atoms with Crippen LogP contribution in [-0.4, -0.2) is 18.1 Å². The molecule has 0 aliphatic heterocycles. The molecule has 12 heavy (non-hydrogen) atoms. The van der Waals surface area contributed by atoms with Gasteiger partial charge in [-0.1, -0.05) is 0 Å². The molecule has 0 aromatic carbocycles. The van der Waals surface area contributed by atoms with Crippen LogP contribution < -0.4 is 5.73 Å². The number of carbonyl (C=O) groups excluding carboxylic acids is 1. The molecule has 0 saturated carbocycles. The fourth-order valence-electron chi connectivity index (χ4n) is 0.859. The quantitative estimate of drug-likeness (QED) is 0.625. The second-order valence-corrected chi connectivity index (χ2v) is 2.44. The molecule has 1 aromatic heterocycles. The first-order valence-electron chi connectivity index (χ1n) is 3.45. The summed E-state index contributed by atoms with van der Waals surface area (Å²) >= 11 is 0. The number of nitrogens with two attached hydrogens (primary N) is 1. The molecule has 4 nitrogen and oxygen atoms in total. The minimum atomic E-state index is -0.507. The van der Waals surface area contributed by atoms with Crippen LogP contribution in [0.1, 0.15) is 16.1 Å². The third-order valence-corrected chi connectivity index (χ3v) is 1.43. The van der Waals surface area contributed by atoms with E-state index in [9.17, 15) is 4.79 Å². The van der Waals surface area contributed by atoms with Crippen LogP contribution in [0.25, 0.3) is 0 Å². The van der Waals surface area contributed by atoms with Crippen molar-refractivity contribution >= 4 is 11.7 Å². The Morgan fingerprint density at radius 1 is 1.67 bits per heavy atom. The Kier molecular flexibility index (Phi) is 2.28. The minimum Gasteiger partial charge on any atom is -0.464 e. The van der Waals surface area contributed by atoms with Gasteiger partial charge in [0.15, 0.2) is 5.69 Å². The van der Waals surface area contributed by atoms with E-state index < -0.39 is 5.97 Å². The number of nitrogens with zero attached hydrogens (tertiary/aromatic N) is 1. The maximum atomic E-state index is 11.0. The fourth-order valence-corrected chi connectivity index (χ4v) is 0.859. The van der Waals surface area contributed by atoms with Gasteiger partial charge in [-0.2, -0.15) is 0 Å². The third kappa shape index (κ3) is 1.53. The molecule has 0 aliphatic carbocycles. The number of esters is 1. The van der Waals surface area contributed by atoms with Crippen LogP contribution in [0.4, 0.5) is 5.69 Å². The molecule has 1 rings (SSSR count). The maximum Gasteiger partial charge on any atom is 0.358 e. The lowest BCUT2D eigenvalue weighted by molar-refractivity contribution is 0.0595. The Morgan fingerprint density at radius 2 is 2.33 bits per heavy atom. The van der Waals surface area contributed by atoms with Gasteiger partial charge >= 0.3 is 5.97 Å². The Bertz CT molecular complexity index is 310. The van der Waals surface area contributed by atoms with E-state index >= 15 is 0 Å². The van der Waals surface area contributed by atoms with E-state index in [-0.39, 0.29) is 5.69 Å². The predicted octanol–water partition coefficient (Wildman–Crippen LogP) is 0.759. The first kappa shape index (κ1) is 8.52. The first-order valence-corrected chi connectivity index (χ1v) is 3.45. The van der Waals surface area contributed by atoms with Crippen molar-refractivity contribution in [1.29, 1.82) is 0 Å². The molecule has 2 N–H and O–H groups in total. The van der Waals surface area contributed by atoms with Crippen molar-refractivity contribution in [3.05, 3.63) is 23.5 Å². The van der Waals surface area contributed by atoms with E-state index in [1.54, 1.807) is 12.3 Å². The average Bonchev–Trinajstić information content (AvgIpc) is 2.03. The summed E-state index contributed by atoms with van der Waals surface area (Å²) in [6.45, 7) is 1.85. The Labute approximate surface area is 70.4 Å². The number of ether oxygens (including phenoxy) is 1. The molecule has 0 aliphatic rings. The summed E-state index contributed by atoms with van der Waals surface area (Å²) < 4.78 is 4.48. The van der Waals surface area contributed by atoms with Gasteiger partial charge in [-0.3, -0.25) is 0 Å². The van der Waals surface area contributed by atoms with Crippen molar-refractivity contribution in [3.8, 4) is 0 Å². The van der Waals surface area contributed by atoms with Gasteiger partial charge in [-0.05, 0) is 18.6 Å².